The number of amides is 1. The lowest BCUT2D eigenvalue weighted by Crippen LogP contribution is -2.37. The number of fused-ring (bicyclic) bond motifs is 1. The molecular formula is C20H26F3N3O. The van der Waals surface area contributed by atoms with Crippen LogP contribution in [0.25, 0.3) is 10.9 Å². The third-order valence-corrected chi connectivity index (χ3v) is 5.69. The number of hydrogen-bond donors (Lipinski definition) is 1. The van der Waals surface area contributed by atoms with Crippen molar-refractivity contribution in [2.24, 2.45) is 11.7 Å². The first-order valence-electron chi connectivity index (χ1n) is 9.45. The second-order valence-electron chi connectivity index (χ2n) is 7.47. The van der Waals surface area contributed by atoms with Crippen molar-refractivity contribution in [1.82, 2.24) is 9.47 Å². The number of hydrogen-bond acceptors (Lipinski definition) is 2. The summed E-state index contributed by atoms with van der Waals surface area (Å²) in [6.45, 7) is 4.27. The van der Waals surface area contributed by atoms with Crippen LogP contribution in [-0.4, -0.2) is 41.2 Å². The van der Waals surface area contributed by atoms with Crippen LogP contribution in [0.5, 0.6) is 0 Å². The number of alkyl halides is 3. The number of benzene rings is 1. The normalized spacial score (nSPS) is 18.1. The van der Waals surface area contributed by atoms with Crippen molar-refractivity contribution in [3.63, 3.8) is 0 Å². The van der Waals surface area contributed by atoms with Crippen LogP contribution in [0.15, 0.2) is 30.5 Å². The Morgan fingerprint density at radius 2 is 1.93 bits per heavy atom. The van der Waals surface area contributed by atoms with Gasteiger partial charge in [0.2, 0.25) is 0 Å². The molecule has 1 unspecified atom stereocenters. The van der Waals surface area contributed by atoms with Gasteiger partial charge >= 0.3 is 6.18 Å². The number of piperidine rings is 1. The van der Waals surface area contributed by atoms with Crippen molar-refractivity contribution in [2.75, 3.05) is 19.6 Å². The number of carbonyl (C=O) groups excluding carboxylic acids is 1. The van der Waals surface area contributed by atoms with Crippen molar-refractivity contribution < 1.29 is 18.0 Å². The van der Waals surface area contributed by atoms with Gasteiger partial charge in [-0.3, -0.25) is 4.79 Å². The number of likely N-dealkylation sites (tertiary alicyclic amines) is 1. The monoisotopic (exact) mass is 381 g/mol. The lowest BCUT2D eigenvalue weighted by atomic mass is 9.90. The summed E-state index contributed by atoms with van der Waals surface area (Å²) in [6.07, 6.45) is -0.909. The third kappa shape index (κ3) is 4.64. The fourth-order valence-electron chi connectivity index (χ4n) is 4.13. The highest BCUT2D eigenvalue weighted by Gasteiger charge is 2.29. The highest BCUT2D eigenvalue weighted by atomic mass is 19.4. The van der Waals surface area contributed by atoms with Crippen LogP contribution in [0.2, 0.25) is 0 Å². The molecule has 0 radical (unpaired) electrons. The van der Waals surface area contributed by atoms with E-state index >= 15 is 0 Å². The Labute approximate surface area is 157 Å². The molecule has 0 bridgehead atoms. The van der Waals surface area contributed by atoms with E-state index in [0.29, 0.717) is 18.0 Å². The fourth-order valence-corrected chi connectivity index (χ4v) is 4.13. The molecule has 3 rings (SSSR count). The standard InChI is InChI=1S/C20H26F3N3O/c1-14(15-7-11-25(12-8-15)10-4-9-20(21,22)23)26-13-17(19(24)27)16-5-2-3-6-18(16)26/h2-3,5-6,13-15H,4,7-12H2,1H3,(H2,24,27). The van der Waals surface area contributed by atoms with Gasteiger partial charge in [0.1, 0.15) is 0 Å². The maximum atomic E-state index is 12.3. The minimum absolute atomic E-state index is 0.161. The number of carbonyl (C=O) groups is 1. The van der Waals surface area contributed by atoms with E-state index in [1.807, 2.05) is 30.5 Å². The highest BCUT2D eigenvalue weighted by Crippen LogP contribution is 2.33. The third-order valence-electron chi connectivity index (χ3n) is 5.69. The largest absolute Gasteiger partial charge is 0.389 e. The van der Waals surface area contributed by atoms with Gasteiger partial charge in [0.25, 0.3) is 5.91 Å². The zero-order valence-corrected chi connectivity index (χ0v) is 15.5. The smallest absolute Gasteiger partial charge is 0.366 e. The summed E-state index contributed by atoms with van der Waals surface area (Å²) in [5, 5.41) is 0.862. The summed E-state index contributed by atoms with van der Waals surface area (Å²) < 4.78 is 39.0. The van der Waals surface area contributed by atoms with Gasteiger partial charge in [-0.05, 0) is 57.8 Å². The highest BCUT2D eigenvalue weighted by molar-refractivity contribution is 6.06. The number of aromatic nitrogens is 1. The quantitative estimate of drug-likeness (QED) is 0.809. The Kier molecular flexibility index (Phi) is 5.79. The van der Waals surface area contributed by atoms with E-state index in [4.69, 9.17) is 5.73 Å². The summed E-state index contributed by atoms with van der Waals surface area (Å²) in [5.41, 5.74) is 7.05. The first kappa shape index (κ1) is 19.7. The molecule has 2 aromatic rings. The molecule has 2 heterocycles. The van der Waals surface area contributed by atoms with Crippen LogP contribution < -0.4 is 5.73 Å². The first-order chi connectivity index (χ1) is 12.8. The van der Waals surface area contributed by atoms with Gasteiger partial charge in [-0.25, -0.2) is 0 Å². The molecule has 27 heavy (non-hydrogen) atoms. The Hall–Kier alpha value is -2.02. The Bertz CT molecular complexity index is 791. The SMILES string of the molecule is CC(C1CCN(CCCC(F)(F)F)CC1)n1cc(C(N)=O)c2ccccc21. The van der Waals surface area contributed by atoms with Gasteiger partial charge in [0, 0.05) is 29.6 Å². The molecule has 1 aliphatic heterocycles. The van der Waals surface area contributed by atoms with Crippen LogP contribution >= 0.6 is 0 Å². The Morgan fingerprint density at radius 1 is 1.26 bits per heavy atom. The molecule has 1 aromatic carbocycles. The topological polar surface area (TPSA) is 51.3 Å². The van der Waals surface area contributed by atoms with Crippen LogP contribution in [-0.2, 0) is 0 Å². The zero-order chi connectivity index (χ0) is 19.6. The average molecular weight is 381 g/mol. The summed E-state index contributed by atoms with van der Waals surface area (Å²) in [4.78, 5) is 13.9. The van der Waals surface area contributed by atoms with Crippen molar-refractivity contribution in [1.29, 1.82) is 0 Å². The van der Waals surface area contributed by atoms with Crippen LogP contribution in [0.1, 0.15) is 49.0 Å². The Morgan fingerprint density at radius 3 is 2.56 bits per heavy atom. The lowest BCUT2D eigenvalue weighted by Gasteiger charge is -2.35. The van der Waals surface area contributed by atoms with E-state index in [0.717, 1.165) is 36.8 Å². The van der Waals surface area contributed by atoms with Gasteiger partial charge in [0.15, 0.2) is 0 Å². The summed E-state index contributed by atoms with van der Waals surface area (Å²) in [7, 11) is 0. The Balaban J connectivity index is 1.64. The predicted octanol–water partition coefficient (Wildman–Crippen LogP) is 4.36. The number of rotatable bonds is 6. The van der Waals surface area contributed by atoms with Gasteiger partial charge in [-0.2, -0.15) is 13.2 Å². The van der Waals surface area contributed by atoms with E-state index < -0.39 is 18.5 Å². The van der Waals surface area contributed by atoms with Gasteiger partial charge < -0.3 is 15.2 Å². The van der Waals surface area contributed by atoms with E-state index in [9.17, 15) is 18.0 Å². The number of primary amides is 1. The number of halogens is 3. The number of nitrogens with two attached hydrogens (primary N) is 1. The maximum absolute atomic E-state index is 12.3. The molecule has 2 N–H and O–H groups in total. The number of nitrogens with zero attached hydrogens (tertiary/aromatic N) is 2. The minimum atomic E-state index is -4.07. The second-order valence-corrected chi connectivity index (χ2v) is 7.47. The van der Waals surface area contributed by atoms with Crippen LogP contribution in [0.4, 0.5) is 13.2 Å². The van der Waals surface area contributed by atoms with E-state index in [2.05, 4.69) is 16.4 Å². The molecule has 0 aliphatic carbocycles. The van der Waals surface area contributed by atoms with Crippen molar-refractivity contribution in [3.8, 4) is 0 Å². The lowest BCUT2D eigenvalue weighted by molar-refractivity contribution is -0.136. The molecule has 1 amide bonds. The molecule has 1 atom stereocenters. The van der Waals surface area contributed by atoms with Crippen molar-refractivity contribution >= 4 is 16.8 Å². The summed E-state index contributed by atoms with van der Waals surface area (Å²) in [5.74, 6) is -0.0166. The average Bonchev–Trinajstić information content (AvgIpc) is 3.00. The maximum Gasteiger partial charge on any atom is 0.389 e. The molecule has 0 saturated carbocycles. The predicted molar refractivity (Wildman–Crippen MR) is 99.6 cm³/mol. The minimum Gasteiger partial charge on any atom is -0.366 e. The molecule has 1 aliphatic rings. The van der Waals surface area contributed by atoms with Gasteiger partial charge in [0.05, 0.1) is 5.56 Å². The molecular weight excluding hydrogens is 355 g/mol. The molecule has 1 saturated heterocycles. The van der Waals surface area contributed by atoms with Gasteiger partial charge in [-0.15, -0.1) is 0 Å². The summed E-state index contributed by atoms with van der Waals surface area (Å²) >= 11 is 0. The van der Waals surface area contributed by atoms with E-state index in [1.54, 1.807) is 0 Å². The first-order valence-corrected chi connectivity index (χ1v) is 9.45. The molecule has 148 valence electrons. The number of para-hydroxylation sites is 1. The van der Waals surface area contributed by atoms with Gasteiger partial charge in [-0.1, -0.05) is 18.2 Å². The van der Waals surface area contributed by atoms with Crippen LogP contribution in [0, 0.1) is 5.92 Å². The van der Waals surface area contributed by atoms with Crippen molar-refractivity contribution in [3.05, 3.63) is 36.0 Å². The van der Waals surface area contributed by atoms with Crippen molar-refractivity contribution in [2.45, 2.75) is 44.8 Å². The van der Waals surface area contributed by atoms with E-state index in [-0.39, 0.29) is 12.5 Å². The summed E-state index contributed by atoms with van der Waals surface area (Å²) in [6, 6.07) is 7.93. The zero-order valence-electron chi connectivity index (χ0n) is 15.5. The van der Waals surface area contributed by atoms with Crippen LogP contribution in [0.3, 0.4) is 0 Å². The fraction of sp³-hybridized carbons (Fsp3) is 0.550. The molecule has 4 nitrogen and oxygen atoms in total. The molecule has 1 aromatic heterocycles. The second kappa shape index (κ2) is 7.92. The van der Waals surface area contributed by atoms with E-state index in [1.165, 1.54) is 0 Å². The molecule has 0 spiro atoms. The molecule has 1 fully saturated rings. The molecule has 7 heteroatoms.